The number of carbonyl (C=O) groups is 1. The molecule has 1 amide bonds. The number of carbonyl (C=O) groups excluding carboxylic acids is 1. The van der Waals surface area contributed by atoms with Crippen LogP contribution in [0.15, 0.2) is 0 Å². The first-order valence-corrected chi connectivity index (χ1v) is 3.90. The van der Waals surface area contributed by atoms with Gasteiger partial charge in [-0.2, -0.15) is 15.0 Å². The molecule has 84 valence electrons. The quantitative estimate of drug-likeness (QED) is 0.269. The van der Waals surface area contributed by atoms with E-state index in [1.807, 2.05) is 0 Å². The van der Waals surface area contributed by atoms with Gasteiger partial charge < -0.3 is 27.6 Å². The second-order valence-electron chi connectivity index (χ2n) is 2.21. The highest BCUT2D eigenvalue weighted by molar-refractivity contribution is 5.45. The molecule has 0 saturated heterocycles. The number of aromatic nitrogens is 3. The first-order valence-electron chi connectivity index (χ1n) is 3.90. The number of rotatable bonds is 3. The lowest BCUT2D eigenvalue weighted by Crippen LogP contribution is -2.14. The predicted octanol–water partition coefficient (Wildman–Crippen LogP) is -2.66. The molecule has 0 bridgehead atoms. The normalized spacial score (nSPS) is 8.60. The summed E-state index contributed by atoms with van der Waals surface area (Å²) >= 11 is 0. The molecule has 0 aromatic carbocycles. The molecule has 0 aliphatic rings. The maximum absolute atomic E-state index is 9.34. The molecule has 0 aliphatic heterocycles. The number of anilines is 3. The molecule has 9 heteroatoms. The number of nitrogens with two attached hydrogens (primary N) is 3. The van der Waals surface area contributed by atoms with Gasteiger partial charge in [-0.25, -0.2) is 0 Å². The van der Waals surface area contributed by atoms with E-state index in [0.29, 0.717) is 13.0 Å². The molecule has 1 aromatic heterocycles. The minimum atomic E-state index is 0.0126. The van der Waals surface area contributed by atoms with Crippen molar-refractivity contribution in [2.24, 2.45) is 0 Å². The zero-order valence-corrected chi connectivity index (χ0v) is 7.92. The van der Waals surface area contributed by atoms with E-state index in [0.717, 1.165) is 0 Å². The second kappa shape index (κ2) is 7.26. The number of nitrogens with zero attached hydrogens (tertiary/aromatic N) is 3. The number of aliphatic hydroxyl groups is 1. The minimum Gasteiger partial charge on any atom is -0.395 e. The van der Waals surface area contributed by atoms with Crippen molar-refractivity contribution < 1.29 is 9.90 Å². The molecule has 0 spiro atoms. The Bertz CT molecular complexity index is 255. The standard InChI is InChI=1S/C3H6N6.C3H7NO2/c4-1-7-2(5)9-3(6)8-1;5-2-1-4-3-6/h(H6,4,5,6,7,8,9);3,5H,1-2H2,(H,4,6). The number of hydrogen-bond acceptors (Lipinski definition) is 8. The summed E-state index contributed by atoms with van der Waals surface area (Å²) in [6.07, 6.45) is 0.552. The highest BCUT2D eigenvalue weighted by Crippen LogP contribution is 1.97. The van der Waals surface area contributed by atoms with Crippen LogP contribution in [0.4, 0.5) is 17.8 Å². The lowest BCUT2D eigenvalue weighted by molar-refractivity contribution is -0.109. The number of nitrogen functional groups attached to an aromatic ring is 3. The van der Waals surface area contributed by atoms with Crippen molar-refractivity contribution in [3.8, 4) is 0 Å². The molecule has 0 radical (unpaired) electrons. The van der Waals surface area contributed by atoms with Crippen LogP contribution in [-0.2, 0) is 4.79 Å². The van der Waals surface area contributed by atoms with Gasteiger partial charge in [0.2, 0.25) is 24.3 Å². The van der Waals surface area contributed by atoms with Crippen LogP contribution in [0.25, 0.3) is 0 Å². The summed E-state index contributed by atoms with van der Waals surface area (Å²) in [6, 6.07) is 0. The largest absolute Gasteiger partial charge is 0.395 e. The van der Waals surface area contributed by atoms with Crippen molar-refractivity contribution in [1.82, 2.24) is 20.3 Å². The Balaban J connectivity index is 0.000000288. The van der Waals surface area contributed by atoms with E-state index in [-0.39, 0.29) is 24.5 Å². The molecule has 1 rings (SSSR count). The van der Waals surface area contributed by atoms with Gasteiger partial charge in [0.15, 0.2) is 0 Å². The molecule has 0 fully saturated rings. The van der Waals surface area contributed by atoms with Crippen molar-refractivity contribution >= 4 is 24.3 Å². The Kier molecular flexibility index (Phi) is 6.22. The first-order chi connectivity index (χ1) is 7.10. The lowest BCUT2D eigenvalue weighted by Gasteiger charge is -1.93. The van der Waals surface area contributed by atoms with Crippen LogP contribution >= 0.6 is 0 Å². The summed E-state index contributed by atoms with van der Waals surface area (Å²) < 4.78 is 0. The fourth-order valence-corrected chi connectivity index (χ4v) is 0.551. The van der Waals surface area contributed by atoms with Crippen LogP contribution in [0.1, 0.15) is 0 Å². The zero-order chi connectivity index (χ0) is 11.7. The Morgan fingerprint density at radius 2 is 1.53 bits per heavy atom. The minimum absolute atomic E-state index is 0.0126. The molecule has 0 aliphatic carbocycles. The van der Waals surface area contributed by atoms with Crippen molar-refractivity contribution in [3.63, 3.8) is 0 Å². The molecule has 9 nitrogen and oxygen atoms in total. The van der Waals surface area contributed by atoms with Crippen molar-refractivity contribution in [2.45, 2.75) is 0 Å². The molecular weight excluding hydrogens is 202 g/mol. The van der Waals surface area contributed by atoms with Crippen molar-refractivity contribution in [1.29, 1.82) is 0 Å². The van der Waals surface area contributed by atoms with Crippen molar-refractivity contribution in [2.75, 3.05) is 30.4 Å². The van der Waals surface area contributed by atoms with Gasteiger partial charge in [0.25, 0.3) is 0 Å². The van der Waals surface area contributed by atoms with Crippen LogP contribution in [0.3, 0.4) is 0 Å². The van der Waals surface area contributed by atoms with Gasteiger partial charge in [0.05, 0.1) is 6.61 Å². The van der Waals surface area contributed by atoms with E-state index in [4.69, 9.17) is 22.3 Å². The predicted molar refractivity (Wildman–Crippen MR) is 54.2 cm³/mol. The van der Waals surface area contributed by atoms with Gasteiger partial charge >= 0.3 is 0 Å². The van der Waals surface area contributed by atoms with E-state index in [1.54, 1.807) is 0 Å². The molecule has 8 N–H and O–H groups in total. The maximum Gasteiger partial charge on any atom is 0.226 e. The summed E-state index contributed by atoms with van der Waals surface area (Å²) in [5.41, 5.74) is 15.4. The fraction of sp³-hybridized carbons (Fsp3) is 0.333. The van der Waals surface area contributed by atoms with E-state index in [1.165, 1.54) is 0 Å². The number of nitrogens with one attached hydrogen (secondary N) is 1. The van der Waals surface area contributed by atoms with Gasteiger partial charge in [0.1, 0.15) is 0 Å². The molecule has 15 heavy (non-hydrogen) atoms. The van der Waals surface area contributed by atoms with Gasteiger partial charge in [0, 0.05) is 6.54 Å². The lowest BCUT2D eigenvalue weighted by atomic mass is 10.7. The second-order valence-corrected chi connectivity index (χ2v) is 2.21. The zero-order valence-electron chi connectivity index (χ0n) is 7.92. The third kappa shape index (κ3) is 6.95. The van der Waals surface area contributed by atoms with Crippen LogP contribution in [0, 0.1) is 0 Å². The van der Waals surface area contributed by atoms with Gasteiger partial charge in [-0.15, -0.1) is 0 Å². The molecule has 0 saturated carbocycles. The van der Waals surface area contributed by atoms with Crippen LogP contribution in [0.5, 0.6) is 0 Å². The summed E-state index contributed by atoms with van der Waals surface area (Å²) in [6.45, 7) is 0.363. The number of hydrogen-bond donors (Lipinski definition) is 5. The Morgan fingerprint density at radius 3 is 1.73 bits per heavy atom. The molecule has 1 heterocycles. The Labute approximate surface area is 85.7 Å². The third-order valence-electron chi connectivity index (χ3n) is 1.03. The van der Waals surface area contributed by atoms with E-state index in [9.17, 15) is 4.79 Å². The van der Waals surface area contributed by atoms with Crippen LogP contribution in [0.2, 0.25) is 0 Å². The number of aliphatic hydroxyl groups excluding tert-OH is 1. The summed E-state index contributed by atoms with van der Waals surface area (Å²) in [7, 11) is 0. The smallest absolute Gasteiger partial charge is 0.226 e. The van der Waals surface area contributed by atoms with Gasteiger partial charge in [-0.05, 0) is 0 Å². The topological polar surface area (TPSA) is 166 Å². The van der Waals surface area contributed by atoms with E-state index in [2.05, 4.69) is 20.3 Å². The highest BCUT2D eigenvalue weighted by Gasteiger charge is 1.93. The van der Waals surface area contributed by atoms with Crippen LogP contribution in [-0.4, -0.2) is 39.6 Å². The summed E-state index contributed by atoms with van der Waals surface area (Å²) in [4.78, 5) is 19.8. The third-order valence-corrected chi connectivity index (χ3v) is 1.03. The SMILES string of the molecule is Nc1nc(N)nc(N)n1.O=CNCCO. The fourth-order valence-electron chi connectivity index (χ4n) is 0.551. The molecular formula is C6H13N7O2. The Morgan fingerprint density at radius 1 is 1.13 bits per heavy atom. The molecule has 0 unspecified atom stereocenters. The molecule has 1 aromatic rings. The maximum atomic E-state index is 9.34. The van der Waals surface area contributed by atoms with Crippen molar-refractivity contribution in [3.05, 3.63) is 0 Å². The highest BCUT2D eigenvalue weighted by atomic mass is 16.3. The first kappa shape index (κ1) is 12.8. The average Bonchev–Trinajstić information content (AvgIpc) is 2.13. The Hall–Kier alpha value is -2.16. The van der Waals surface area contributed by atoms with Gasteiger partial charge in [-0.3, -0.25) is 4.79 Å². The van der Waals surface area contributed by atoms with E-state index >= 15 is 0 Å². The summed E-state index contributed by atoms with van der Waals surface area (Å²) in [5, 5.41) is 10.2. The number of amides is 1. The molecule has 0 atom stereocenters. The van der Waals surface area contributed by atoms with Gasteiger partial charge in [-0.1, -0.05) is 0 Å². The monoisotopic (exact) mass is 215 g/mol. The summed E-state index contributed by atoms with van der Waals surface area (Å²) in [5.74, 6) is 0.125. The average molecular weight is 215 g/mol. The van der Waals surface area contributed by atoms with E-state index < -0.39 is 0 Å². The van der Waals surface area contributed by atoms with Crippen LogP contribution < -0.4 is 22.5 Å².